The van der Waals surface area contributed by atoms with Crippen LogP contribution in [0.3, 0.4) is 0 Å². The summed E-state index contributed by atoms with van der Waals surface area (Å²) in [6, 6.07) is 12.0. The molecule has 0 saturated carbocycles. The third-order valence-electron chi connectivity index (χ3n) is 3.89. The fraction of sp³-hybridized carbons (Fsp3) is 0.381. The quantitative estimate of drug-likeness (QED) is 0.483. The Morgan fingerprint density at radius 1 is 1.07 bits per heavy atom. The van der Waals surface area contributed by atoms with Gasteiger partial charge in [0.2, 0.25) is 5.91 Å². The van der Waals surface area contributed by atoms with Crippen LogP contribution in [0.4, 0.5) is 0 Å². The molecular weight excluding hydrogens is 360 g/mol. The second kappa shape index (κ2) is 10.9. The molecule has 0 bridgehead atoms. The van der Waals surface area contributed by atoms with E-state index < -0.39 is 6.04 Å². The number of nitrogens with one attached hydrogen (secondary N) is 2. The van der Waals surface area contributed by atoms with E-state index in [4.69, 9.17) is 9.15 Å². The zero-order valence-electron chi connectivity index (χ0n) is 16.1. The molecule has 2 amide bonds. The highest BCUT2D eigenvalue weighted by molar-refractivity contribution is 5.91. The average molecular weight is 386 g/mol. The van der Waals surface area contributed by atoms with E-state index in [2.05, 4.69) is 10.6 Å². The normalized spacial score (nSPS) is 11.7. The molecule has 0 fully saturated rings. The minimum absolute atomic E-state index is 0.0587. The van der Waals surface area contributed by atoms with Crippen LogP contribution in [0.5, 0.6) is 0 Å². The first-order valence-electron chi connectivity index (χ1n) is 9.31. The molecule has 7 nitrogen and oxygen atoms in total. The van der Waals surface area contributed by atoms with Crippen molar-refractivity contribution in [3.05, 3.63) is 60.1 Å². The van der Waals surface area contributed by atoms with E-state index in [-0.39, 0.29) is 42.5 Å². The van der Waals surface area contributed by atoms with E-state index in [0.29, 0.717) is 13.0 Å². The average Bonchev–Trinajstić information content (AvgIpc) is 3.19. The van der Waals surface area contributed by atoms with E-state index in [1.54, 1.807) is 26.0 Å². The molecule has 7 heteroatoms. The molecule has 2 aromatic rings. The van der Waals surface area contributed by atoms with E-state index >= 15 is 0 Å². The number of ether oxygens (including phenoxy) is 1. The Hall–Kier alpha value is -3.09. The molecule has 0 spiro atoms. The zero-order chi connectivity index (χ0) is 20.4. The first-order chi connectivity index (χ1) is 13.5. The largest absolute Gasteiger partial charge is 0.463 e. The molecule has 0 aliphatic carbocycles. The van der Waals surface area contributed by atoms with Crippen LogP contribution in [-0.4, -0.2) is 30.4 Å². The second-order valence-corrected chi connectivity index (χ2v) is 6.61. The molecule has 1 aromatic carbocycles. The van der Waals surface area contributed by atoms with Gasteiger partial charge in [-0.3, -0.25) is 14.4 Å². The summed E-state index contributed by atoms with van der Waals surface area (Å²) in [5.74, 6) is -0.644. The summed E-state index contributed by atoms with van der Waals surface area (Å²) in [5.41, 5.74) is 0.836. The van der Waals surface area contributed by atoms with Crippen LogP contribution in [0, 0.1) is 0 Å². The lowest BCUT2D eigenvalue weighted by Gasteiger charge is -2.19. The summed E-state index contributed by atoms with van der Waals surface area (Å²) in [6.45, 7) is 3.91. The molecule has 1 aromatic heterocycles. The first kappa shape index (κ1) is 21.2. The number of carbonyl (C=O) groups excluding carboxylic acids is 3. The molecule has 150 valence electrons. The fourth-order valence-electron chi connectivity index (χ4n) is 2.63. The standard InChI is InChI=1S/C21H26N2O5/c1-15(2)28-20(25)14-17(16-8-4-3-5-9-16)23-19(24)11-6-12-22-21(26)18-10-7-13-27-18/h3-5,7-10,13,15,17H,6,11-12,14H2,1-2H3,(H,22,26)(H,23,24). The fourth-order valence-corrected chi connectivity index (χ4v) is 2.63. The number of benzene rings is 1. The summed E-state index contributed by atoms with van der Waals surface area (Å²) >= 11 is 0. The molecule has 2 N–H and O–H groups in total. The van der Waals surface area contributed by atoms with Gasteiger partial charge in [0.1, 0.15) is 0 Å². The van der Waals surface area contributed by atoms with Crippen LogP contribution in [0.25, 0.3) is 0 Å². The third kappa shape index (κ3) is 7.26. The number of hydrogen-bond donors (Lipinski definition) is 2. The van der Waals surface area contributed by atoms with Gasteiger partial charge in [-0.05, 0) is 38.0 Å². The van der Waals surface area contributed by atoms with Crippen molar-refractivity contribution in [2.75, 3.05) is 6.54 Å². The van der Waals surface area contributed by atoms with Crippen molar-refractivity contribution in [1.29, 1.82) is 0 Å². The van der Waals surface area contributed by atoms with Crippen molar-refractivity contribution in [2.45, 2.75) is 45.3 Å². The maximum atomic E-state index is 12.3. The van der Waals surface area contributed by atoms with Crippen molar-refractivity contribution >= 4 is 17.8 Å². The van der Waals surface area contributed by atoms with Gasteiger partial charge in [-0.1, -0.05) is 30.3 Å². The lowest BCUT2D eigenvalue weighted by atomic mass is 10.0. The number of rotatable bonds is 10. The van der Waals surface area contributed by atoms with Gasteiger partial charge in [0.15, 0.2) is 5.76 Å². The van der Waals surface area contributed by atoms with E-state index in [1.165, 1.54) is 6.26 Å². The summed E-state index contributed by atoms with van der Waals surface area (Å²) < 4.78 is 10.2. The molecular formula is C21H26N2O5. The molecule has 0 aliphatic rings. The Morgan fingerprint density at radius 2 is 1.82 bits per heavy atom. The van der Waals surface area contributed by atoms with E-state index in [1.807, 2.05) is 30.3 Å². The highest BCUT2D eigenvalue weighted by Gasteiger charge is 2.20. The number of furan rings is 1. The Labute approximate surface area is 164 Å². The molecule has 1 unspecified atom stereocenters. The molecule has 28 heavy (non-hydrogen) atoms. The molecule has 1 atom stereocenters. The van der Waals surface area contributed by atoms with Gasteiger partial charge < -0.3 is 19.8 Å². The Morgan fingerprint density at radius 3 is 2.46 bits per heavy atom. The van der Waals surface area contributed by atoms with E-state index in [0.717, 1.165) is 5.56 Å². The molecule has 0 radical (unpaired) electrons. The Kier molecular flexibility index (Phi) is 8.27. The van der Waals surface area contributed by atoms with Crippen molar-refractivity contribution in [2.24, 2.45) is 0 Å². The van der Waals surface area contributed by atoms with Gasteiger partial charge in [0.05, 0.1) is 24.8 Å². The van der Waals surface area contributed by atoms with Crippen molar-refractivity contribution in [3.8, 4) is 0 Å². The number of esters is 1. The van der Waals surface area contributed by atoms with Crippen molar-refractivity contribution in [1.82, 2.24) is 10.6 Å². The SMILES string of the molecule is CC(C)OC(=O)CC(NC(=O)CCCNC(=O)c1ccco1)c1ccccc1. The van der Waals surface area contributed by atoms with Crippen LogP contribution >= 0.6 is 0 Å². The predicted molar refractivity (Wildman–Crippen MR) is 103 cm³/mol. The van der Waals surface area contributed by atoms with Gasteiger partial charge >= 0.3 is 5.97 Å². The minimum atomic E-state index is -0.461. The Bertz CT molecular complexity index is 756. The first-order valence-corrected chi connectivity index (χ1v) is 9.31. The maximum absolute atomic E-state index is 12.3. The van der Waals surface area contributed by atoms with Crippen LogP contribution in [-0.2, 0) is 14.3 Å². The van der Waals surface area contributed by atoms with Crippen LogP contribution in [0.2, 0.25) is 0 Å². The highest BCUT2D eigenvalue weighted by Crippen LogP contribution is 2.18. The van der Waals surface area contributed by atoms with Gasteiger partial charge in [0, 0.05) is 13.0 Å². The lowest BCUT2D eigenvalue weighted by Crippen LogP contribution is -2.32. The molecule has 0 aliphatic heterocycles. The smallest absolute Gasteiger partial charge is 0.308 e. The van der Waals surface area contributed by atoms with Gasteiger partial charge in [-0.2, -0.15) is 0 Å². The number of amides is 2. The van der Waals surface area contributed by atoms with Crippen LogP contribution in [0.15, 0.2) is 53.1 Å². The number of hydrogen-bond acceptors (Lipinski definition) is 5. The predicted octanol–water partition coefficient (Wildman–Crippen LogP) is 2.99. The van der Waals surface area contributed by atoms with Crippen molar-refractivity contribution < 1.29 is 23.5 Å². The van der Waals surface area contributed by atoms with Crippen molar-refractivity contribution in [3.63, 3.8) is 0 Å². The van der Waals surface area contributed by atoms with Gasteiger partial charge in [0.25, 0.3) is 5.91 Å². The highest BCUT2D eigenvalue weighted by atomic mass is 16.5. The summed E-state index contributed by atoms with van der Waals surface area (Å²) in [4.78, 5) is 36.1. The minimum Gasteiger partial charge on any atom is -0.463 e. The zero-order valence-corrected chi connectivity index (χ0v) is 16.1. The van der Waals surface area contributed by atoms with Crippen LogP contribution in [0.1, 0.15) is 55.3 Å². The summed E-state index contributed by atoms with van der Waals surface area (Å²) in [6.07, 6.45) is 1.97. The topological polar surface area (TPSA) is 97.6 Å². The third-order valence-corrected chi connectivity index (χ3v) is 3.89. The molecule has 0 saturated heterocycles. The number of carbonyl (C=O) groups is 3. The van der Waals surface area contributed by atoms with Gasteiger partial charge in [-0.15, -0.1) is 0 Å². The van der Waals surface area contributed by atoms with E-state index in [9.17, 15) is 14.4 Å². The maximum Gasteiger partial charge on any atom is 0.308 e. The molecule has 2 rings (SSSR count). The lowest BCUT2D eigenvalue weighted by molar-refractivity contribution is -0.148. The monoisotopic (exact) mass is 386 g/mol. The summed E-state index contributed by atoms with van der Waals surface area (Å²) in [5, 5.41) is 5.57. The van der Waals surface area contributed by atoms with Gasteiger partial charge in [-0.25, -0.2) is 0 Å². The molecule has 1 heterocycles. The Balaban J connectivity index is 1.82. The summed E-state index contributed by atoms with van der Waals surface area (Å²) in [7, 11) is 0. The second-order valence-electron chi connectivity index (χ2n) is 6.61. The van der Waals surface area contributed by atoms with Crippen LogP contribution < -0.4 is 10.6 Å².